The molecule has 1 fully saturated rings. The van der Waals surface area contributed by atoms with Gasteiger partial charge in [-0.1, -0.05) is 31.2 Å². The minimum Gasteiger partial charge on any atom is -0.495 e. The Bertz CT molecular complexity index is 963. The van der Waals surface area contributed by atoms with E-state index in [0.717, 1.165) is 54.4 Å². The third-order valence-electron chi connectivity index (χ3n) is 5.82. The van der Waals surface area contributed by atoms with Gasteiger partial charge in [0.25, 0.3) is 0 Å². The van der Waals surface area contributed by atoms with Crippen molar-refractivity contribution in [2.24, 2.45) is 5.92 Å². The van der Waals surface area contributed by atoms with E-state index in [1.165, 1.54) is 0 Å². The number of benzene rings is 2. The van der Waals surface area contributed by atoms with E-state index < -0.39 is 5.54 Å². The van der Waals surface area contributed by atoms with Crippen molar-refractivity contribution in [2.75, 3.05) is 19.5 Å². The van der Waals surface area contributed by atoms with Crippen LogP contribution < -0.4 is 14.8 Å². The number of tetrazole rings is 1. The van der Waals surface area contributed by atoms with Gasteiger partial charge in [0, 0.05) is 0 Å². The molecule has 0 unspecified atom stereocenters. The molecule has 2 aromatic carbocycles. The fourth-order valence-electron chi connectivity index (χ4n) is 4.12. The molecule has 1 heterocycles. The summed E-state index contributed by atoms with van der Waals surface area (Å²) < 4.78 is 12.9. The molecular formula is C22H27N5O2. The Labute approximate surface area is 171 Å². The van der Waals surface area contributed by atoms with Crippen LogP contribution in [0.3, 0.4) is 0 Å². The van der Waals surface area contributed by atoms with Crippen LogP contribution in [-0.2, 0) is 5.54 Å². The van der Waals surface area contributed by atoms with Crippen LogP contribution in [-0.4, -0.2) is 34.4 Å². The molecule has 0 amide bonds. The number of hydrogen-bond acceptors (Lipinski definition) is 6. The number of rotatable bonds is 6. The Morgan fingerprint density at radius 3 is 2.34 bits per heavy atom. The van der Waals surface area contributed by atoms with Crippen molar-refractivity contribution in [3.63, 3.8) is 0 Å². The second kappa shape index (κ2) is 8.11. The molecule has 3 aromatic rings. The smallest absolute Gasteiger partial charge is 0.182 e. The van der Waals surface area contributed by atoms with E-state index in [2.05, 4.69) is 27.8 Å². The summed E-state index contributed by atoms with van der Waals surface area (Å²) in [4.78, 5) is 0. The SMILES string of the molecule is COc1ccccc1NC1(c2nnnn2-c2ccccc2OC)CCC(C)CC1. The van der Waals surface area contributed by atoms with E-state index >= 15 is 0 Å². The van der Waals surface area contributed by atoms with Crippen molar-refractivity contribution >= 4 is 5.69 Å². The quantitative estimate of drug-likeness (QED) is 0.677. The van der Waals surface area contributed by atoms with Crippen molar-refractivity contribution in [1.82, 2.24) is 20.2 Å². The lowest BCUT2D eigenvalue weighted by Crippen LogP contribution is -2.41. The number of nitrogens with zero attached hydrogens (tertiary/aromatic N) is 4. The summed E-state index contributed by atoms with van der Waals surface area (Å²) in [6.07, 6.45) is 4.06. The summed E-state index contributed by atoms with van der Waals surface area (Å²) >= 11 is 0. The lowest BCUT2D eigenvalue weighted by molar-refractivity contribution is 0.253. The van der Waals surface area contributed by atoms with Crippen LogP contribution in [0.2, 0.25) is 0 Å². The Hall–Kier alpha value is -3.09. The maximum Gasteiger partial charge on any atom is 0.182 e. The standard InChI is InChI=1S/C22H27N5O2/c1-16-12-14-22(15-13-16,23-17-8-4-6-10-19(17)28-2)21-24-25-26-27(21)18-9-5-7-11-20(18)29-3/h4-11,16,23H,12-15H2,1-3H3. The molecule has 0 bridgehead atoms. The number of para-hydroxylation sites is 4. The fourth-order valence-corrected chi connectivity index (χ4v) is 4.12. The zero-order valence-electron chi connectivity index (χ0n) is 17.1. The monoisotopic (exact) mass is 393 g/mol. The van der Waals surface area contributed by atoms with Crippen LogP contribution in [0.1, 0.15) is 38.4 Å². The number of aromatic nitrogens is 4. The highest BCUT2D eigenvalue weighted by Gasteiger charge is 2.41. The molecule has 0 radical (unpaired) electrons. The molecule has 0 aliphatic heterocycles. The van der Waals surface area contributed by atoms with E-state index in [-0.39, 0.29) is 0 Å². The van der Waals surface area contributed by atoms with Crippen molar-refractivity contribution in [2.45, 2.75) is 38.1 Å². The predicted molar refractivity (Wildman–Crippen MR) is 112 cm³/mol. The van der Waals surface area contributed by atoms with Gasteiger partial charge >= 0.3 is 0 Å². The highest BCUT2D eigenvalue weighted by atomic mass is 16.5. The third kappa shape index (κ3) is 3.64. The number of nitrogens with one attached hydrogen (secondary N) is 1. The molecule has 7 heteroatoms. The van der Waals surface area contributed by atoms with Gasteiger partial charge in [0.2, 0.25) is 0 Å². The Morgan fingerprint density at radius 2 is 1.62 bits per heavy atom. The second-order valence-electron chi connectivity index (χ2n) is 7.68. The molecule has 152 valence electrons. The summed E-state index contributed by atoms with van der Waals surface area (Å²) in [7, 11) is 3.35. The molecule has 1 aromatic heterocycles. The molecule has 0 saturated heterocycles. The lowest BCUT2D eigenvalue weighted by atomic mass is 9.76. The molecule has 0 spiro atoms. The maximum atomic E-state index is 5.58. The molecule has 0 atom stereocenters. The number of anilines is 1. The highest BCUT2D eigenvalue weighted by Crippen LogP contribution is 2.43. The average Bonchev–Trinajstić information content (AvgIpc) is 3.26. The maximum absolute atomic E-state index is 5.58. The summed E-state index contributed by atoms with van der Waals surface area (Å²) in [6, 6.07) is 15.8. The second-order valence-corrected chi connectivity index (χ2v) is 7.68. The van der Waals surface area contributed by atoms with Crippen molar-refractivity contribution in [3.8, 4) is 17.2 Å². The number of hydrogen-bond donors (Lipinski definition) is 1. The van der Waals surface area contributed by atoms with Gasteiger partial charge in [0.05, 0.1) is 25.4 Å². The summed E-state index contributed by atoms with van der Waals surface area (Å²) in [5.41, 5.74) is 1.37. The van der Waals surface area contributed by atoms with Crippen LogP contribution in [0.15, 0.2) is 48.5 Å². The highest BCUT2D eigenvalue weighted by molar-refractivity contribution is 5.58. The van der Waals surface area contributed by atoms with Crippen molar-refractivity contribution in [3.05, 3.63) is 54.4 Å². The van der Waals surface area contributed by atoms with Gasteiger partial charge in [0.1, 0.15) is 17.2 Å². The minimum atomic E-state index is -0.397. The largest absolute Gasteiger partial charge is 0.495 e. The number of ether oxygens (including phenoxy) is 2. The van der Waals surface area contributed by atoms with Gasteiger partial charge in [0.15, 0.2) is 5.82 Å². The van der Waals surface area contributed by atoms with Crippen LogP contribution in [0.4, 0.5) is 5.69 Å². The van der Waals surface area contributed by atoms with E-state index in [9.17, 15) is 0 Å². The van der Waals surface area contributed by atoms with E-state index in [4.69, 9.17) is 9.47 Å². The average molecular weight is 393 g/mol. The van der Waals surface area contributed by atoms with E-state index in [0.29, 0.717) is 5.92 Å². The summed E-state index contributed by atoms with van der Waals surface area (Å²) in [5.74, 6) is 3.01. The summed E-state index contributed by atoms with van der Waals surface area (Å²) in [6.45, 7) is 2.30. The van der Waals surface area contributed by atoms with Crippen LogP contribution in [0, 0.1) is 5.92 Å². The van der Waals surface area contributed by atoms with Crippen LogP contribution in [0.5, 0.6) is 11.5 Å². The first kappa shape index (κ1) is 19.2. The normalized spacial score (nSPS) is 21.6. The zero-order chi connectivity index (χ0) is 20.3. The first-order valence-corrected chi connectivity index (χ1v) is 10.0. The van der Waals surface area contributed by atoms with Gasteiger partial charge < -0.3 is 14.8 Å². The Kier molecular flexibility index (Phi) is 5.38. The first-order valence-electron chi connectivity index (χ1n) is 10.0. The Balaban J connectivity index is 1.81. The fraction of sp³-hybridized carbons (Fsp3) is 0.409. The summed E-state index contributed by atoms with van der Waals surface area (Å²) in [5, 5.41) is 16.6. The minimum absolute atomic E-state index is 0.397. The molecular weight excluding hydrogens is 366 g/mol. The molecule has 1 N–H and O–H groups in total. The van der Waals surface area contributed by atoms with Crippen molar-refractivity contribution in [1.29, 1.82) is 0 Å². The van der Waals surface area contributed by atoms with Gasteiger partial charge in [-0.15, -0.1) is 5.10 Å². The molecule has 29 heavy (non-hydrogen) atoms. The molecule has 7 nitrogen and oxygen atoms in total. The molecule has 4 rings (SSSR count). The van der Waals surface area contributed by atoms with Gasteiger partial charge in [-0.25, -0.2) is 0 Å². The van der Waals surface area contributed by atoms with Gasteiger partial charge in [-0.2, -0.15) is 4.68 Å². The number of methoxy groups -OCH3 is 2. The molecule has 1 aliphatic rings. The predicted octanol–water partition coefficient (Wildman–Crippen LogP) is 4.20. The van der Waals surface area contributed by atoms with Gasteiger partial charge in [-0.05, 0) is 66.3 Å². The first-order chi connectivity index (χ1) is 14.2. The third-order valence-corrected chi connectivity index (χ3v) is 5.82. The zero-order valence-corrected chi connectivity index (χ0v) is 17.1. The Morgan fingerprint density at radius 1 is 0.966 bits per heavy atom. The van der Waals surface area contributed by atoms with Crippen molar-refractivity contribution < 1.29 is 9.47 Å². The van der Waals surface area contributed by atoms with E-state index in [1.54, 1.807) is 18.9 Å². The lowest BCUT2D eigenvalue weighted by Gasteiger charge is -2.40. The molecule has 1 aliphatic carbocycles. The molecule has 1 saturated carbocycles. The van der Waals surface area contributed by atoms with E-state index in [1.807, 2.05) is 48.5 Å². The topological polar surface area (TPSA) is 74.1 Å². The van der Waals surface area contributed by atoms with Crippen LogP contribution in [0.25, 0.3) is 5.69 Å². The van der Waals surface area contributed by atoms with Gasteiger partial charge in [-0.3, -0.25) is 0 Å². The van der Waals surface area contributed by atoms with Crippen LogP contribution >= 0.6 is 0 Å².